The summed E-state index contributed by atoms with van der Waals surface area (Å²) >= 11 is 0. The molecule has 1 aromatic carbocycles. The zero-order valence-corrected chi connectivity index (χ0v) is 8.87. The van der Waals surface area contributed by atoms with Gasteiger partial charge in [0.1, 0.15) is 0 Å². The highest BCUT2D eigenvalue weighted by Crippen LogP contribution is 2.28. The fourth-order valence-electron chi connectivity index (χ4n) is 1.33. The first-order chi connectivity index (χ1) is 7.58. The lowest BCUT2D eigenvalue weighted by Crippen LogP contribution is -2.26. The Balaban J connectivity index is 2.44. The van der Waals surface area contributed by atoms with E-state index in [4.69, 9.17) is 10.5 Å². The first kappa shape index (κ1) is 10.5. The molecule has 3 N–H and O–H groups in total. The zero-order valence-electron chi connectivity index (χ0n) is 8.06. The summed E-state index contributed by atoms with van der Waals surface area (Å²) in [6, 6.07) is 4.48. The maximum absolute atomic E-state index is 10.9. The van der Waals surface area contributed by atoms with Crippen LogP contribution in [0.15, 0.2) is 18.2 Å². The van der Waals surface area contributed by atoms with Crippen LogP contribution in [-0.2, 0) is 10.3 Å². The van der Waals surface area contributed by atoms with Crippen molar-refractivity contribution in [1.82, 2.24) is 0 Å². The Bertz CT molecular complexity index is 584. The third kappa shape index (κ3) is 1.84. The molecule has 1 aliphatic rings. The van der Waals surface area contributed by atoms with Gasteiger partial charge >= 0.3 is 0 Å². The van der Waals surface area contributed by atoms with Gasteiger partial charge in [-0.15, -0.1) is 0 Å². The molecule has 0 saturated carbocycles. The highest BCUT2D eigenvalue weighted by Gasteiger charge is 2.17. The Labute approximate surface area is 92.5 Å². The number of carbonyl (C=O) groups is 1. The first-order valence-corrected chi connectivity index (χ1v) is 5.46. The number of ether oxygens (including phenoxy) is 1. The third-order valence-corrected chi connectivity index (χ3v) is 2.70. The molecular weight excluding hydrogens is 232 g/mol. The van der Waals surface area contributed by atoms with Crippen LogP contribution < -0.4 is 15.8 Å². The van der Waals surface area contributed by atoms with Crippen LogP contribution in [0.2, 0.25) is 0 Å². The van der Waals surface area contributed by atoms with Crippen molar-refractivity contribution in [1.29, 1.82) is 0 Å². The van der Waals surface area contributed by atoms with Crippen molar-refractivity contribution in [3.05, 3.63) is 23.8 Å². The summed E-state index contributed by atoms with van der Waals surface area (Å²) in [6.07, 6.45) is 0. The molecule has 6 nitrogen and oxygen atoms in total. The number of fused-ring (bicyclic) bond motifs is 1. The van der Waals surface area contributed by atoms with E-state index in [1.807, 2.05) is 0 Å². The lowest BCUT2D eigenvalue weighted by atomic mass is 10.1. The molecule has 0 unspecified atom stereocenters. The minimum Gasteiger partial charge on any atom is -0.441 e. The minimum absolute atomic E-state index is 0.0608. The number of nitrogens with one attached hydrogen (secondary N) is 1. The third-order valence-electron chi connectivity index (χ3n) is 2.10. The molecule has 1 aromatic rings. The summed E-state index contributed by atoms with van der Waals surface area (Å²) in [4.78, 5) is 10.9. The van der Waals surface area contributed by atoms with Crippen molar-refractivity contribution in [3.63, 3.8) is 0 Å². The summed E-state index contributed by atoms with van der Waals surface area (Å²) in [5, 5.41) is 2.74. The molecule has 7 heteroatoms. The van der Waals surface area contributed by atoms with Crippen molar-refractivity contribution in [2.75, 3.05) is 11.9 Å². The fraction of sp³-hybridized carbons (Fsp3) is 0.111. The molecule has 2 rings (SSSR count). The van der Waals surface area contributed by atoms with E-state index in [0.29, 0.717) is 17.0 Å². The second-order valence-electron chi connectivity index (χ2n) is 3.14. The van der Waals surface area contributed by atoms with Gasteiger partial charge in [0.2, 0.25) is 11.0 Å². The van der Waals surface area contributed by atoms with Crippen molar-refractivity contribution in [2.24, 2.45) is 5.73 Å². The lowest BCUT2D eigenvalue weighted by molar-refractivity contribution is 0.100. The molecule has 16 heavy (non-hydrogen) atoms. The smallest absolute Gasteiger partial charge is 0.255 e. The number of amides is 1. The number of carbonyl (C=O) groups excluding carboxylic acids is 1. The predicted molar refractivity (Wildman–Crippen MR) is 58.0 cm³/mol. The fourth-order valence-corrected chi connectivity index (χ4v) is 1.68. The highest BCUT2D eigenvalue weighted by atomic mass is 32.2. The summed E-state index contributed by atoms with van der Waals surface area (Å²) in [6.45, 7) is 0.0608. The van der Waals surface area contributed by atoms with E-state index in [1.165, 1.54) is 18.2 Å². The van der Waals surface area contributed by atoms with E-state index in [1.54, 1.807) is 0 Å². The molecule has 0 saturated heterocycles. The quantitative estimate of drug-likeness (QED) is 0.651. The molecule has 0 radical (unpaired) electrons. The van der Waals surface area contributed by atoms with Crippen molar-refractivity contribution >= 4 is 26.9 Å². The van der Waals surface area contributed by atoms with E-state index in [0.717, 1.165) is 0 Å². The number of primary amides is 1. The van der Waals surface area contributed by atoms with Crippen LogP contribution in [0.4, 0.5) is 5.69 Å². The van der Waals surface area contributed by atoms with Crippen LogP contribution in [-0.4, -0.2) is 25.9 Å². The summed E-state index contributed by atoms with van der Waals surface area (Å²) < 4.78 is 26.4. The van der Waals surface area contributed by atoms with Gasteiger partial charge in [0.25, 0.3) is 10.3 Å². The van der Waals surface area contributed by atoms with Crippen LogP contribution in [0, 0.1) is 0 Å². The van der Waals surface area contributed by atoms with E-state index in [-0.39, 0.29) is 11.6 Å². The van der Waals surface area contributed by atoms with E-state index in [9.17, 15) is 13.2 Å². The Kier molecular flexibility index (Phi) is 2.53. The second kappa shape index (κ2) is 3.86. The van der Waals surface area contributed by atoms with Gasteiger partial charge in [0, 0.05) is 5.56 Å². The molecule has 0 atom stereocenters. The number of nitrogens with two attached hydrogens (primary N) is 1. The van der Waals surface area contributed by atoms with Gasteiger partial charge in [-0.2, -0.15) is 8.42 Å². The molecule has 0 aromatic heterocycles. The average molecular weight is 240 g/mol. The maximum atomic E-state index is 10.9. The van der Waals surface area contributed by atoms with Crippen molar-refractivity contribution < 1.29 is 17.9 Å². The van der Waals surface area contributed by atoms with Crippen LogP contribution in [0.25, 0.3) is 0 Å². The number of anilines is 1. The average Bonchev–Trinajstić information content (AvgIpc) is 2.27. The molecule has 1 aliphatic heterocycles. The molecule has 0 aliphatic carbocycles. The van der Waals surface area contributed by atoms with E-state index >= 15 is 0 Å². The predicted octanol–water partition coefficient (Wildman–Crippen LogP) is -0.401. The molecular formula is C9H8N2O4S. The summed E-state index contributed by atoms with van der Waals surface area (Å²) in [5.41, 5.74) is 5.99. The van der Waals surface area contributed by atoms with Crippen LogP contribution in [0.1, 0.15) is 10.4 Å². The van der Waals surface area contributed by atoms with Gasteiger partial charge in [0.05, 0.1) is 12.2 Å². The summed E-state index contributed by atoms with van der Waals surface area (Å²) in [7, 11) is -2.38. The Morgan fingerprint density at radius 2 is 2.19 bits per heavy atom. The zero-order chi connectivity index (χ0) is 11.7. The second-order valence-corrected chi connectivity index (χ2v) is 4.06. The number of hydrogen-bond donors (Lipinski definition) is 2. The van der Waals surface area contributed by atoms with E-state index in [2.05, 4.69) is 5.32 Å². The van der Waals surface area contributed by atoms with Gasteiger partial charge in [-0.25, -0.2) is 0 Å². The molecule has 84 valence electrons. The lowest BCUT2D eigenvalue weighted by Gasteiger charge is -2.18. The largest absolute Gasteiger partial charge is 0.441 e. The van der Waals surface area contributed by atoms with Crippen LogP contribution >= 0.6 is 0 Å². The van der Waals surface area contributed by atoms with Crippen LogP contribution in [0.5, 0.6) is 5.75 Å². The Morgan fingerprint density at radius 1 is 1.44 bits per heavy atom. The minimum atomic E-state index is -2.38. The normalized spacial score (nSPS) is 13.4. The Morgan fingerprint density at radius 3 is 2.81 bits per heavy atom. The van der Waals surface area contributed by atoms with Gasteiger partial charge in [-0.1, -0.05) is 0 Å². The van der Waals surface area contributed by atoms with E-state index < -0.39 is 16.2 Å². The van der Waals surface area contributed by atoms with Crippen LogP contribution in [0.3, 0.4) is 0 Å². The number of hydrogen-bond acceptors (Lipinski definition) is 5. The maximum Gasteiger partial charge on any atom is 0.255 e. The van der Waals surface area contributed by atoms with Crippen molar-refractivity contribution in [2.45, 2.75) is 0 Å². The molecule has 0 spiro atoms. The number of rotatable bonds is 1. The Hall–Kier alpha value is -2.02. The molecule has 0 fully saturated rings. The molecule has 0 bridgehead atoms. The van der Waals surface area contributed by atoms with Gasteiger partial charge in [-0.3, -0.25) is 4.79 Å². The van der Waals surface area contributed by atoms with Gasteiger partial charge in [-0.05, 0) is 18.2 Å². The SMILES string of the molecule is NC(=O)c1ccc2c(c1)NCC(=S(=O)=O)O2. The number of benzene rings is 1. The van der Waals surface area contributed by atoms with Crippen molar-refractivity contribution in [3.8, 4) is 5.75 Å². The highest BCUT2D eigenvalue weighted by molar-refractivity contribution is 7.72. The van der Waals surface area contributed by atoms with Gasteiger partial charge in [0.15, 0.2) is 5.75 Å². The first-order valence-electron chi connectivity index (χ1n) is 4.38. The summed E-state index contributed by atoms with van der Waals surface area (Å²) in [5.74, 6) is -0.192. The van der Waals surface area contributed by atoms with Gasteiger partial charge < -0.3 is 15.8 Å². The molecule has 1 amide bonds. The molecule has 1 heterocycles. The topological polar surface area (TPSA) is 98.5 Å². The monoisotopic (exact) mass is 240 g/mol. The standard InChI is InChI=1S/C9H8N2O4S/c10-9(12)5-1-2-7-6(3-5)11-4-8(15-7)16(13)14/h1-3,11H,4H2,(H2,10,12).